The fourth-order valence-electron chi connectivity index (χ4n) is 0.640. The van der Waals surface area contributed by atoms with E-state index in [0.29, 0.717) is 0 Å². The summed E-state index contributed by atoms with van der Waals surface area (Å²) in [7, 11) is 0. The first-order chi connectivity index (χ1) is 4.10. The highest BCUT2D eigenvalue weighted by Gasteiger charge is 2.19. The first kappa shape index (κ1) is 7.22. The molecule has 0 radical (unpaired) electrons. The third-order valence-electron chi connectivity index (χ3n) is 0.994. The van der Waals surface area contributed by atoms with Crippen molar-refractivity contribution in [2.75, 3.05) is 0 Å². The summed E-state index contributed by atoms with van der Waals surface area (Å²) in [5.41, 5.74) is 0. The summed E-state index contributed by atoms with van der Waals surface area (Å²) < 4.78 is -0.0498. The van der Waals surface area contributed by atoms with E-state index >= 15 is 0 Å². The van der Waals surface area contributed by atoms with Gasteiger partial charge in [0.05, 0.1) is 9.12 Å². The summed E-state index contributed by atoms with van der Waals surface area (Å²) >= 11 is 6.04. The normalized spacial score (nSPS) is 34.3. The molecule has 1 nitrogen and oxygen atoms in total. The van der Waals surface area contributed by atoms with Gasteiger partial charge in [-0.3, -0.25) is 4.99 Å². The van der Waals surface area contributed by atoms with Crippen molar-refractivity contribution in [3.05, 3.63) is 12.3 Å². The van der Waals surface area contributed by atoms with Crippen molar-refractivity contribution < 1.29 is 0 Å². The van der Waals surface area contributed by atoms with E-state index in [4.69, 9.17) is 0 Å². The Labute approximate surface area is 65.0 Å². The Kier molecular flexibility index (Phi) is 1.91. The largest absolute Gasteiger partial charge is 0.255 e. The van der Waals surface area contributed by atoms with Crippen LogP contribution in [0.1, 0.15) is 13.8 Å². The average Bonchev–Trinajstić information content (AvgIpc) is 1.60. The zero-order valence-electron chi connectivity index (χ0n) is 5.46. The molecule has 0 saturated carbocycles. The second-order valence-corrected chi connectivity index (χ2v) is 5.00. The fourth-order valence-corrected chi connectivity index (χ4v) is 1.94. The van der Waals surface area contributed by atoms with Crippen LogP contribution in [0.25, 0.3) is 0 Å². The van der Waals surface area contributed by atoms with Gasteiger partial charge in [-0.1, -0.05) is 11.8 Å². The summed E-state index contributed by atoms with van der Waals surface area (Å²) in [6.07, 6.45) is 3.78. The maximum absolute atomic E-state index is 4.37. The van der Waals surface area contributed by atoms with E-state index in [-0.39, 0.29) is 4.08 Å². The van der Waals surface area contributed by atoms with Gasteiger partial charge in [-0.05, 0) is 19.9 Å². The highest BCUT2D eigenvalue weighted by Crippen LogP contribution is 2.33. The molecule has 0 aromatic rings. The van der Waals surface area contributed by atoms with Gasteiger partial charge in [-0.15, -0.1) is 0 Å². The number of aliphatic imine (C=N–C) groups is 1. The molecule has 0 N–H and O–H groups in total. The minimum absolute atomic E-state index is 0.0498. The van der Waals surface area contributed by atoms with Crippen molar-refractivity contribution in [3.63, 3.8) is 0 Å². The first-order valence-electron chi connectivity index (χ1n) is 2.74. The van der Waals surface area contributed by atoms with E-state index in [1.807, 2.05) is 13.0 Å². The molecule has 1 atom stereocenters. The zero-order valence-corrected chi connectivity index (χ0v) is 7.17. The van der Waals surface area contributed by atoms with Crippen LogP contribution in [0.2, 0.25) is 0 Å². The van der Waals surface area contributed by atoms with Crippen molar-refractivity contribution in [2.45, 2.75) is 17.9 Å². The standard InChI is InChI=1S/C6H9NS2/c1-5-7-4-3-6(2,8)9-5/h3-4,8H,1-2H3. The van der Waals surface area contributed by atoms with Crippen LogP contribution in [0.3, 0.4) is 0 Å². The summed E-state index contributed by atoms with van der Waals surface area (Å²) in [5.74, 6) is 0. The maximum Gasteiger partial charge on any atom is 0.0809 e. The Hall–Kier alpha value is 0.110. The highest BCUT2D eigenvalue weighted by molar-refractivity contribution is 8.22. The lowest BCUT2D eigenvalue weighted by atomic mass is 10.4. The van der Waals surface area contributed by atoms with Crippen LogP contribution in [0.4, 0.5) is 0 Å². The molecular formula is C6H9NS2. The van der Waals surface area contributed by atoms with Crippen LogP contribution < -0.4 is 0 Å². The number of rotatable bonds is 0. The molecule has 50 valence electrons. The highest BCUT2D eigenvalue weighted by atomic mass is 32.2. The molecule has 0 aromatic carbocycles. The molecule has 0 bridgehead atoms. The molecule has 9 heavy (non-hydrogen) atoms. The van der Waals surface area contributed by atoms with Gasteiger partial charge in [0, 0.05) is 6.20 Å². The van der Waals surface area contributed by atoms with Gasteiger partial charge in [0.1, 0.15) is 0 Å². The van der Waals surface area contributed by atoms with Crippen LogP contribution >= 0.6 is 24.4 Å². The number of thioether (sulfide) groups is 1. The van der Waals surface area contributed by atoms with Gasteiger partial charge >= 0.3 is 0 Å². The topological polar surface area (TPSA) is 12.4 Å². The Morgan fingerprint density at radius 2 is 2.44 bits per heavy atom. The van der Waals surface area contributed by atoms with Gasteiger partial charge in [0.15, 0.2) is 0 Å². The van der Waals surface area contributed by atoms with E-state index in [1.165, 1.54) is 0 Å². The predicted octanol–water partition coefficient (Wildman–Crippen LogP) is 2.31. The van der Waals surface area contributed by atoms with Crippen LogP contribution in [0, 0.1) is 0 Å². The van der Waals surface area contributed by atoms with E-state index in [0.717, 1.165) is 5.04 Å². The van der Waals surface area contributed by atoms with Crippen LogP contribution in [0.5, 0.6) is 0 Å². The van der Waals surface area contributed by atoms with Crippen LogP contribution in [-0.2, 0) is 0 Å². The molecule has 1 rings (SSSR count). The van der Waals surface area contributed by atoms with E-state index in [9.17, 15) is 0 Å². The van der Waals surface area contributed by atoms with Crippen molar-refractivity contribution in [3.8, 4) is 0 Å². The minimum atomic E-state index is -0.0498. The minimum Gasteiger partial charge on any atom is -0.255 e. The Morgan fingerprint density at radius 3 is 2.78 bits per heavy atom. The molecule has 0 aliphatic carbocycles. The summed E-state index contributed by atoms with van der Waals surface area (Å²) in [5, 5.41) is 1.08. The number of nitrogens with zero attached hydrogens (tertiary/aromatic N) is 1. The number of hydrogen-bond acceptors (Lipinski definition) is 3. The van der Waals surface area contributed by atoms with Gasteiger partial charge in [0.25, 0.3) is 0 Å². The second-order valence-electron chi connectivity index (χ2n) is 2.12. The maximum atomic E-state index is 4.37. The van der Waals surface area contributed by atoms with E-state index in [1.54, 1.807) is 18.0 Å². The third-order valence-corrected chi connectivity index (χ3v) is 2.37. The molecule has 0 saturated heterocycles. The van der Waals surface area contributed by atoms with Gasteiger partial charge < -0.3 is 0 Å². The fraction of sp³-hybridized carbons (Fsp3) is 0.500. The molecule has 0 aromatic heterocycles. The molecule has 1 aliphatic heterocycles. The first-order valence-corrected chi connectivity index (χ1v) is 4.00. The molecule has 3 heteroatoms. The van der Waals surface area contributed by atoms with Crippen LogP contribution in [0.15, 0.2) is 17.3 Å². The second kappa shape index (κ2) is 2.39. The summed E-state index contributed by atoms with van der Waals surface area (Å²) in [6, 6.07) is 0. The molecule has 1 aliphatic rings. The summed E-state index contributed by atoms with van der Waals surface area (Å²) in [4.78, 5) is 4.08. The lowest BCUT2D eigenvalue weighted by Crippen LogP contribution is -2.11. The summed E-state index contributed by atoms with van der Waals surface area (Å²) in [6.45, 7) is 4.04. The lowest BCUT2D eigenvalue weighted by molar-refractivity contribution is 1.16. The molecule has 0 fully saturated rings. The zero-order chi connectivity index (χ0) is 6.91. The van der Waals surface area contributed by atoms with Crippen LogP contribution in [-0.4, -0.2) is 9.12 Å². The Bertz CT molecular complexity index is 170. The molecular weight excluding hydrogens is 150 g/mol. The number of hydrogen-bond donors (Lipinski definition) is 1. The average molecular weight is 159 g/mol. The Balaban J connectivity index is 2.73. The molecule has 0 amide bonds. The van der Waals surface area contributed by atoms with Crippen molar-refractivity contribution in [1.82, 2.24) is 0 Å². The monoisotopic (exact) mass is 159 g/mol. The predicted molar refractivity (Wildman–Crippen MR) is 47.2 cm³/mol. The molecule has 1 heterocycles. The van der Waals surface area contributed by atoms with Gasteiger partial charge in [-0.25, -0.2) is 0 Å². The SMILES string of the molecule is CC1=NC=CC(C)(S)S1. The lowest BCUT2D eigenvalue weighted by Gasteiger charge is -2.19. The van der Waals surface area contributed by atoms with Crippen molar-refractivity contribution >= 4 is 29.4 Å². The van der Waals surface area contributed by atoms with Gasteiger partial charge in [-0.2, -0.15) is 12.6 Å². The number of thiol groups is 1. The molecule has 1 unspecified atom stereocenters. The molecule has 0 spiro atoms. The smallest absolute Gasteiger partial charge is 0.0809 e. The quantitative estimate of drug-likeness (QED) is 0.535. The third kappa shape index (κ3) is 2.06. The van der Waals surface area contributed by atoms with E-state index < -0.39 is 0 Å². The van der Waals surface area contributed by atoms with Crippen molar-refractivity contribution in [1.29, 1.82) is 0 Å². The van der Waals surface area contributed by atoms with Crippen molar-refractivity contribution in [2.24, 2.45) is 4.99 Å². The van der Waals surface area contributed by atoms with Gasteiger partial charge in [0.2, 0.25) is 0 Å². The van der Waals surface area contributed by atoms with E-state index in [2.05, 4.69) is 24.5 Å². The Morgan fingerprint density at radius 1 is 1.78 bits per heavy atom.